The van der Waals surface area contributed by atoms with Crippen molar-refractivity contribution < 1.29 is 23.1 Å². The third-order valence-corrected chi connectivity index (χ3v) is 7.19. The van der Waals surface area contributed by atoms with Gasteiger partial charge in [-0.05, 0) is 50.3 Å². The number of hydrogen-bond donors (Lipinski definition) is 3. The average molecular weight is 528 g/mol. The monoisotopic (exact) mass is 527 g/mol. The number of aliphatic hydroxyl groups excluding tert-OH is 1. The zero-order chi connectivity index (χ0) is 27.2. The van der Waals surface area contributed by atoms with Crippen LogP contribution in [0.1, 0.15) is 67.8 Å². The third kappa shape index (κ3) is 4.75. The van der Waals surface area contributed by atoms with E-state index in [1.807, 2.05) is 29.8 Å². The predicted molar refractivity (Wildman–Crippen MR) is 133 cm³/mol. The van der Waals surface area contributed by atoms with Gasteiger partial charge in [0.05, 0.1) is 17.3 Å². The minimum atomic E-state index is -4.71. The van der Waals surface area contributed by atoms with E-state index < -0.39 is 29.9 Å². The number of aromatic amines is 1. The summed E-state index contributed by atoms with van der Waals surface area (Å²) in [6.45, 7) is 2.78. The number of halogens is 3. The summed E-state index contributed by atoms with van der Waals surface area (Å²) in [5.74, 6) is 0.519. The van der Waals surface area contributed by atoms with Crippen molar-refractivity contribution in [3.05, 3.63) is 59.4 Å². The van der Waals surface area contributed by atoms with Gasteiger partial charge in [-0.1, -0.05) is 24.6 Å². The largest absolute Gasteiger partial charge is 0.433 e. The molecular weight excluding hydrogens is 499 g/mol. The maximum absolute atomic E-state index is 13.9. The summed E-state index contributed by atoms with van der Waals surface area (Å²) in [6.07, 6.45) is -1.11. The van der Waals surface area contributed by atoms with E-state index in [9.17, 15) is 23.1 Å². The molecule has 9 nitrogen and oxygen atoms in total. The van der Waals surface area contributed by atoms with E-state index in [-0.39, 0.29) is 22.5 Å². The molecule has 0 unspecified atom stereocenters. The molecule has 0 bridgehead atoms. The SMILES string of the molecule is C[C@H](NC(=O)[C@@H](C)O)c1nc(C(F)(F)F)cc2c(-c3cccc([C@H](c4nncn4C)C4CCC4)c3)n[nH]c12. The molecule has 1 aliphatic rings. The van der Waals surface area contributed by atoms with Crippen molar-refractivity contribution in [2.45, 2.75) is 57.3 Å². The highest BCUT2D eigenvalue weighted by Gasteiger charge is 2.36. The van der Waals surface area contributed by atoms with Crippen molar-refractivity contribution in [1.29, 1.82) is 0 Å². The van der Waals surface area contributed by atoms with Gasteiger partial charge in [-0.2, -0.15) is 18.3 Å². The molecule has 200 valence electrons. The number of aromatic nitrogens is 6. The number of alkyl halides is 3. The number of amides is 1. The van der Waals surface area contributed by atoms with Crippen LogP contribution >= 0.6 is 0 Å². The Labute approximate surface area is 216 Å². The Kier molecular flexibility index (Phi) is 6.68. The second kappa shape index (κ2) is 9.82. The molecule has 5 rings (SSSR count). The number of fused-ring (bicyclic) bond motifs is 1. The van der Waals surface area contributed by atoms with Crippen molar-refractivity contribution in [1.82, 2.24) is 35.3 Å². The van der Waals surface area contributed by atoms with Gasteiger partial charge in [0.2, 0.25) is 5.91 Å². The Hall–Kier alpha value is -3.80. The van der Waals surface area contributed by atoms with E-state index in [1.165, 1.54) is 13.8 Å². The van der Waals surface area contributed by atoms with Gasteiger partial charge in [0, 0.05) is 23.9 Å². The number of aliphatic hydroxyl groups is 1. The lowest BCUT2D eigenvalue weighted by Gasteiger charge is -2.33. The smallest absolute Gasteiger partial charge is 0.384 e. The first kappa shape index (κ1) is 25.8. The van der Waals surface area contributed by atoms with Gasteiger partial charge >= 0.3 is 6.18 Å². The second-order valence-electron chi connectivity index (χ2n) is 9.89. The first-order chi connectivity index (χ1) is 18.0. The Morgan fingerprint density at radius 2 is 2.00 bits per heavy atom. The molecule has 1 aliphatic carbocycles. The fourth-order valence-corrected chi connectivity index (χ4v) is 4.98. The van der Waals surface area contributed by atoms with Crippen molar-refractivity contribution in [3.8, 4) is 11.3 Å². The maximum atomic E-state index is 13.9. The molecule has 1 fully saturated rings. The highest BCUT2D eigenvalue weighted by Crippen LogP contribution is 2.43. The van der Waals surface area contributed by atoms with Gasteiger partial charge in [0.25, 0.3) is 0 Å². The number of carbonyl (C=O) groups excluding carboxylic acids is 1. The molecule has 3 atom stereocenters. The predicted octanol–water partition coefficient (Wildman–Crippen LogP) is 4.26. The van der Waals surface area contributed by atoms with Crippen molar-refractivity contribution in [3.63, 3.8) is 0 Å². The summed E-state index contributed by atoms with van der Waals surface area (Å²) in [5, 5.41) is 27.9. The molecule has 0 aliphatic heterocycles. The summed E-state index contributed by atoms with van der Waals surface area (Å²) in [7, 11) is 1.90. The van der Waals surface area contributed by atoms with E-state index in [0.29, 0.717) is 17.2 Å². The highest BCUT2D eigenvalue weighted by molar-refractivity contribution is 5.95. The zero-order valence-corrected chi connectivity index (χ0v) is 21.1. The first-order valence-corrected chi connectivity index (χ1v) is 12.4. The number of pyridine rings is 1. The molecule has 1 aromatic carbocycles. The van der Waals surface area contributed by atoms with Crippen molar-refractivity contribution >= 4 is 16.8 Å². The van der Waals surface area contributed by atoms with Crippen LogP contribution in [0.4, 0.5) is 13.2 Å². The van der Waals surface area contributed by atoms with E-state index in [4.69, 9.17) is 0 Å². The third-order valence-electron chi connectivity index (χ3n) is 7.19. The summed E-state index contributed by atoms with van der Waals surface area (Å²) >= 11 is 0. The maximum Gasteiger partial charge on any atom is 0.433 e. The normalized spacial score (nSPS) is 16.7. The quantitative estimate of drug-likeness (QED) is 0.330. The zero-order valence-electron chi connectivity index (χ0n) is 21.1. The van der Waals surface area contributed by atoms with Crippen LogP contribution in [0.15, 0.2) is 36.7 Å². The molecule has 0 saturated heterocycles. The second-order valence-corrected chi connectivity index (χ2v) is 9.89. The number of H-pyrrole nitrogens is 1. The minimum Gasteiger partial charge on any atom is -0.384 e. The topological polar surface area (TPSA) is 122 Å². The number of hydrogen-bond acceptors (Lipinski definition) is 6. The van der Waals surface area contributed by atoms with Crippen LogP contribution in [0.5, 0.6) is 0 Å². The van der Waals surface area contributed by atoms with Crippen LogP contribution in [0.3, 0.4) is 0 Å². The molecular formula is C26H28F3N7O2. The summed E-state index contributed by atoms with van der Waals surface area (Å²) in [5.41, 5.74) is 1.14. The number of nitrogens with zero attached hydrogens (tertiary/aromatic N) is 5. The van der Waals surface area contributed by atoms with Crippen LogP contribution in [0.2, 0.25) is 0 Å². The van der Waals surface area contributed by atoms with E-state index >= 15 is 0 Å². The summed E-state index contributed by atoms with van der Waals surface area (Å²) in [4.78, 5) is 15.8. The lowest BCUT2D eigenvalue weighted by molar-refractivity contribution is -0.141. The first-order valence-electron chi connectivity index (χ1n) is 12.4. The lowest BCUT2D eigenvalue weighted by atomic mass is 9.72. The molecule has 38 heavy (non-hydrogen) atoms. The molecule has 3 N–H and O–H groups in total. The van der Waals surface area contributed by atoms with Gasteiger partial charge in [-0.15, -0.1) is 10.2 Å². The van der Waals surface area contributed by atoms with Crippen LogP contribution in [0, 0.1) is 5.92 Å². The van der Waals surface area contributed by atoms with E-state index in [0.717, 1.165) is 36.7 Å². The van der Waals surface area contributed by atoms with Crippen LogP contribution in [-0.4, -0.2) is 47.1 Å². The average Bonchev–Trinajstić information content (AvgIpc) is 3.46. The molecule has 12 heteroatoms. The Morgan fingerprint density at radius 3 is 2.61 bits per heavy atom. The number of rotatable bonds is 7. The van der Waals surface area contributed by atoms with E-state index in [2.05, 4.69) is 30.7 Å². The number of aryl methyl sites for hydroxylation is 1. The molecule has 1 saturated carbocycles. The fourth-order valence-electron chi connectivity index (χ4n) is 4.98. The van der Waals surface area contributed by atoms with E-state index in [1.54, 1.807) is 12.4 Å². The molecule has 0 radical (unpaired) electrons. The molecule has 1 amide bonds. The van der Waals surface area contributed by atoms with Gasteiger partial charge in [0.15, 0.2) is 0 Å². The fraction of sp³-hybridized carbons (Fsp3) is 0.423. The number of carbonyl (C=O) groups is 1. The van der Waals surface area contributed by atoms with Gasteiger partial charge in [0.1, 0.15) is 29.6 Å². The Balaban J connectivity index is 1.61. The number of nitrogens with one attached hydrogen (secondary N) is 2. The van der Waals surface area contributed by atoms with Crippen LogP contribution in [-0.2, 0) is 18.0 Å². The Morgan fingerprint density at radius 1 is 1.24 bits per heavy atom. The Bertz CT molecular complexity index is 1470. The standard InChI is InChI=1S/C26H28F3N7O2/c1-13(31-25(38)14(2)37)21-23-18(11-19(32-21)26(27,28)29)22(33-34-23)17-9-5-8-16(10-17)20(15-6-4-7-15)24-35-30-12-36(24)3/h5,8-15,20,37H,4,6-7H2,1-3H3,(H,31,38)(H,33,34)/t13-,14+,20+/m0/s1. The van der Waals surface area contributed by atoms with Crippen molar-refractivity contribution in [2.24, 2.45) is 13.0 Å². The van der Waals surface area contributed by atoms with Gasteiger partial charge in [-0.3, -0.25) is 9.89 Å². The molecule has 3 heterocycles. The van der Waals surface area contributed by atoms with Crippen LogP contribution in [0.25, 0.3) is 22.2 Å². The van der Waals surface area contributed by atoms with Crippen molar-refractivity contribution in [2.75, 3.05) is 0 Å². The molecule has 3 aromatic heterocycles. The van der Waals surface area contributed by atoms with Gasteiger partial charge < -0.3 is 15.0 Å². The summed E-state index contributed by atoms with van der Waals surface area (Å²) in [6, 6.07) is 7.67. The molecule has 0 spiro atoms. The highest BCUT2D eigenvalue weighted by atomic mass is 19.4. The van der Waals surface area contributed by atoms with Crippen LogP contribution < -0.4 is 5.32 Å². The minimum absolute atomic E-state index is 0.0000701. The lowest BCUT2D eigenvalue weighted by Crippen LogP contribution is -2.35. The molecule has 4 aromatic rings. The van der Waals surface area contributed by atoms with Gasteiger partial charge in [-0.25, -0.2) is 4.98 Å². The number of benzene rings is 1. The summed E-state index contributed by atoms with van der Waals surface area (Å²) < 4.78 is 43.5.